The number of nitrogens with zero attached hydrogens (tertiary/aromatic N) is 1. The molecule has 8 nitrogen and oxygen atoms in total. The standard InChI is InChI=1S/C17H24ClN3O5/c1-24-14-11-13(15(25-2)10-12(14)18)20-17(23)16(22)19-4-3-5-21-6-8-26-9-7-21/h10-11H,3-9H2,1-2H3,(H,19,22)(H,20,23). The molecule has 144 valence electrons. The van der Waals surface area contributed by atoms with Gasteiger partial charge in [0, 0.05) is 31.8 Å². The minimum absolute atomic E-state index is 0.308. The predicted molar refractivity (Wildman–Crippen MR) is 98.1 cm³/mol. The largest absolute Gasteiger partial charge is 0.495 e. The second-order valence-corrected chi connectivity index (χ2v) is 6.11. The van der Waals surface area contributed by atoms with Crippen LogP contribution < -0.4 is 20.1 Å². The maximum absolute atomic E-state index is 12.1. The molecule has 2 N–H and O–H groups in total. The maximum atomic E-state index is 12.1. The summed E-state index contributed by atoms with van der Waals surface area (Å²) in [4.78, 5) is 26.3. The molecule has 0 unspecified atom stereocenters. The highest BCUT2D eigenvalue weighted by atomic mass is 35.5. The first-order chi connectivity index (χ1) is 12.5. The van der Waals surface area contributed by atoms with Crippen LogP contribution in [-0.2, 0) is 14.3 Å². The van der Waals surface area contributed by atoms with E-state index in [1.807, 2.05) is 0 Å². The molecule has 0 radical (unpaired) electrons. The van der Waals surface area contributed by atoms with Crippen molar-refractivity contribution in [2.45, 2.75) is 6.42 Å². The molecule has 0 aromatic heterocycles. The molecule has 1 aromatic rings. The number of halogens is 1. The summed E-state index contributed by atoms with van der Waals surface area (Å²) >= 11 is 6.02. The molecule has 1 aliphatic rings. The van der Waals surface area contributed by atoms with E-state index in [0.717, 1.165) is 39.3 Å². The first-order valence-electron chi connectivity index (χ1n) is 8.36. The van der Waals surface area contributed by atoms with Gasteiger partial charge in [0.1, 0.15) is 11.5 Å². The zero-order chi connectivity index (χ0) is 18.9. The summed E-state index contributed by atoms with van der Waals surface area (Å²) in [6, 6.07) is 3.01. The number of benzene rings is 1. The monoisotopic (exact) mass is 385 g/mol. The lowest BCUT2D eigenvalue weighted by Gasteiger charge is -2.26. The average molecular weight is 386 g/mol. The fourth-order valence-electron chi connectivity index (χ4n) is 2.55. The van der Waals surface area contributed by atoms with Crippen molar-refractivity contribution >= 4 is 29.1 Å². The van der Waals surface area contributed by atoms with Crippen molar-refractivity contribution in [3.8, 4) is 11.5 Å². The van der Waals surface area contributed by atoms with Crippen molar-refractivity contribution in [1.29, 1.82) is 0 Å². The number of ether oxygens (including phenoxy) is 3. The molecule has 0 bridgehead atoms. The summed E-state index contributed by atoms with van der Waals surface area (Å²) in [6.07, 6.45) is 0.761. The fraction of sp³-hybridized carbons (Fsp3) is 0.529. The molecular weight excluding hydrogens is 362 g/mol. The molecule has 1 fully saturated rings. The van der Waals surface area contributed by atoms with E-state index in [1.54, 1.807) is 0 Å². The number of anilines is 1. The molecule has 0 aliphatic carbocycles. The van der Waals surface area contributed by atoms with Crippen LogP contribution in [0.15, 0.2) is 12.1 Å². The van der Waals surface area contributed by atoms with Gasteiger partial charge in [0.25, 0.3) is 0 Å². The summed E-state index contributed by atoms with van der Waals surface area (Å²) in [5, 5.41) is 5.47. The Hall–Kier alpha value is -2.03. The van der Waals surface area contributed by atoms with Crippen LogP contribution >= 0.6 is 11.6 Å². The lowest BCUT2D eigenvalue weighted by Crippen LogP contribution is -2.39. The van der Waals surface area contributed by atoms with Crippen LogP contribution in [0.1, 0.15) is 6.42 Å². The van der Waals surface area contributed by atoms with Crippen molar-refractivity contribution in [3.63, 3.8) is 0 Å². The van der Waals surface area contributed by atoms with E-state index >= 15 is 0 Å². The molecule has 2 rings (SSSR count). The zero-order valence-corrected chi connectivity index (χ0v) is 15.7. The first kappa shape index (κ1) is 20.3. The van der Waals surface area contributed by atoms with E-state index < -0.39 is 11.8 Å². The number of nitrogens with one attached hydrogen (secondary N) is 2. The normalized spacial score (nSPS) is 14.6. The lowest BCUT2D eigenvalue weighted by molar-refractivity contribution is -0.136. The Morgan fingerprint density at radius 1 is 1.15 bits per heavy atom. The van der Waals surface area contributed by atoms with Crippen LogP contribution in [0, 0.1) is 0 Å². The molecular formula is C17H24ClN3O5. The number of amides is 2. The predicted octanol–water partition coefficient (Wildman–Crippen LogP) is 1.13. The molecule has 1 heterocycles. The van der Waals surface area contributed by atoms with Crippen molar-refractivity contribution in [2.24, 2.45) is 0 Å². The highest BCUT2D eigenvalue weighted by Crippen LogP contribution is 2.35. The molecule has 0 atom stereocenters. The second-order valence-electron chi connectivity index (χ2n) is 5.70. The third kappa shape index (κ3) is 5.76. The Bertz CT molecular complexity index is 635. The van der Waals surface area contributed by atoms with Gasteiger partial charge in [-0.3, -0.25) is 14.5 Å². The third-order valence-electron chi connectivity index (χ3n) is 3.97. The van der Waals surface area contributed by atoms with Gasteiger partial charge in [0.05, 0.1) is 38.1 Å². The minimum Gasteiger partial charge on any atom is -0.495 e. The summed E-state index contributed by atoms with van der Waals surface area (Å²) in [7, 11) is 2.90. The van der Waals surface area contributed by atoms with Crippen LogP contribution in [-0.4, -0.2) is 70.3 Å². The Labute approximate surface area is 157 Å². The van der Waals surface area contributed by atoms with E-state index in [4.69, 9.17) is 25.8 Å². The minimum atomic E-state index is -0.779. The van der Waals surface area contributed by atoms with E-state index in [0.29, 0.717) is 28.8 Å². The van der Waals surface area contributed by atoms with Gasteiger partial charge in [-0.15, -0.1) is 0 Å². The topological polar surface area (TPSA) is 89.1 Å². The molecule has 1 saturated heterocycles. The molecule has 26 heavy (non-hydrogen) atoms. The highest BCUT2D eigenvalue weighted by molar-refractivity contribution is 6.40. The SMILES string of the molecule is COc1cc(NC(=O)C(=O)NCCCN2CCOCC2)c(OC)cc1Cl. The number of carbonyl (C=O) groups is 2. The number of hydrogen-bond donors (Lipinski definition) is 2. The van der Waals surface area contributed by atoms with E-state index in [-0.39, 0.29) is 0 Å². The highest BCUT2D eigenvalue weighted by Gasteiger charge is 2.18. The van der Waals surface area contributed by atoms with Crippen LogP contribution in [0.3, 0.4) is 0 Å². The van der Waals surface area contributed by atoms with Crippen LogP contribution in [0.25, 0.3) is 0 Å². The van der Waals surface area contributed by atoms with Crippen molar-refractivity contribution < 1.29 is 23.8 Å². The zero-order valence-electron chi connectivity index (χ0n) is 15.0. The number of carbonyl (C=O) groups excluding carboxylic acids is 2. The van der Waals surface area contributed by atoms with E-state index in [9.17, 15) is 9.59 Å². The molecule has 1 aromatic carbocycles. The molecule has 1 aliphatic heterocycles. The maximum Gasteiger partial charge on any atom is 0.313 e. The summed E-state index contributed by atoms with van der Waals surface area (Å²) in [6.45, 7) is 4.54. The van der Waals surface area contributed by atoms with Gasteiger partial charge in [-0.2, -0.15) is 0 Å². The van der Waals surface area contributed by atoms with Gasteiger partial charge in [0.2, 0.25) is 0 Å². The van der Waals surface area contributed by atoms with Crippen LogP contribution in [0.2, 0.25) is 5.02 Å². The summed E-state index contributed by atoms with van der Waals surface area (Å²) in [5.41, 5.74) is 0.308. The van der Waals surface area contributed by atoms with Crippen molar-refractivity contribution in [1.82, 2.24) is 10.2 Å². The Morgan fingerprint density at radius 3 is 2.50 bits per heavy atom. The van der Waals surface area contributed by atoms with Crippen molar-refractivity contribution in [3.05, 3.63) is 17.2 Å². The van der Waals surface area contributed by atoms with E-state index in [1.165, 1.54) is 26.4 Å². The molecule has 0 spiro atoms. The average Bonchev–Trinajstić information content (AvgIpc) is 2.66. The first-order valence-corrected chi connectivity index (χ1v) is 8.73. The van der Waals surface area contributed by atoms with Crippen LogP contribution in [0.4, 0.5) is 5.69 Å². The third-order valence-corrected chi connectivity index (χ3v) is 4.26. The van der Waals surface area contributed by atoms with Crippen molar-refractivity contribution in [2.75, 3.05) is 58.9 Å². The number of rotatable bonds is 7. The Morgan fingerprint density at radius 2 is 1.85 bits per heavy atom. The number of hydrogen-bond acceptors (Lipinski definition) is 6. The summed E-state index contributed by atoms with van der Waals surface area (Å²) in [5.74, 6) is -0.778. The molecule has 0 saturated carbocycles. The molecule has 9 heteroatoms. The summed E-state index contributed by atoms with van der Waals surface area (Å²) < 4.78 is 15.6. The Kier molecular flexibility index (Phi) is 7.96. The van der Waals surface area contributed by atoms with E-state index in [2.05, 4.69) is 15.5 Å². The quantitative estimate of drug-likeness (QED) is 0.540. The molecule has 2 amide bonds. The van der Waals surface area contributed by atoms with Gasteiger partial charge in [-0.1, -0.05) is 11.6 Å². The van der Waals surface area contributed by atoms with Gasteiger partial charge in [0.15, 0.2) is 0 Å². The number of methoxy groups -OCH3 is 2. The smallest absolute Gasteiger partial charge is 0.313 e. The van der Waals surface area contributed by atoms with Gasteiger partial charge >= 0.3 is 11.8 Å². The van der Waals surface area contributed by atoms with Crippen LogP contribution in [0.5, 0.6) is 11.5 Å². The second kappa shape index (κ2) is 10.2. The number of morpholine rings is 1. The Balaban J connectivity index is 1.82. The lowest BCUT2D eigenvalue weighted by atomic mass is 10.2. The van der Waals surface area contributed by atoms with Gasteiger partial charge in [-0.25, -0.2) is 0 Å². The fourth-order valence-corrected chi connectivity index (χ4v) is 2.78. The van der Waals surface area contributed by atoms with Gasteiger partial charge in [-0.05, 0) is 13.0 Å². The van der Waals surface area contributed by atoms with Gasteiger partial charge < -0.3 is 24.8 Å².